The van der Waals surface area contributed by atoms with Crippen LogP contribution in [-0.2, 0) is 19.9 Å². The number of nitrogens with zero attached hydrogens (tertiary/aromatic N) is 2. The number of hydrogen-bond donors (Lipinski definition) is 1. The van der Waals surface area contributed by atoms with Crippen LogP contribution in [0, 0.1) is 5.92 Å². The molecule has 1 atom stereocenters. The van der Waals surface area contributed by atoms with Crippen LogP contribution in [0.4, 0.5) is 0 Å². The molecule has 2 aromatic rings. The van der Waals surface area contributed by atoms with Crippen LogP contribution in [0.15, 0.2) is 41.0 Å². The van der Waals surface area contributed by atoms with E-state index >= 15 is 0 Å². The molecule has 0 saturated heterocycles. The van der Waals surface area contributed by atoms with E-state index in [4.69, 9.17) is 0 Å². The maximum Gasteiger partial charge on any atom is 0.0627 e. The van der Waals surface area contributed by atoms with E-state index in [1.807, 2.05) is 17.9 Å². The Morgan fingerprint density at radius 2 is 2.14 bits per heavy atom. The number of hydrogen-bond acceptors (Lipinski definition) is 2. The Hall–Kier alpha value is -1.13. The minimum absolute atomic E-state index is 0.570. The molecule has 0 amide bonds. The zero-order valence-electron chi connectivity index (χ0n) is 12.8. The number of aromatic nitrogens is 2. The second-order valence-electron chi connectivity index (χ2n) is 5.59. The van der Waals surface area contributed by atoms with Gasteiger partial charge in [-0.2, -0.15) is 5.10 Å². The van der Waals surface area contributed by atoms with Crippen LogP contribution in [0.5, 0.6) is 0 Å². The van der Waals surface area contributed by atoms with Crippen molar-refractivity contribution in [1.29, 1.82) is 0 Å². The van der Waals surface area contributed by atoms with Crippen LogP contribution in [0.2, 0.25) is 0 Å². The van der Waals surface area contributed by atoms with E-state index < -0.39 is 0 Å². The highest BCUT2D eigenvalue weighted by molar-refractivity contribution is 9.10. The first kappa shape index (κ1) is 16.2. The zero-order valence-corrected chi connectivity index (χ0v) is 14.4. The Kier molecular flexibility index (Phi) is 6.46. The monoisotopic (exact) mass is 349 g/mol. The molecule has 1 heterocycles. The van der Waals surface area contributed by atoms with Gasteiger partial charge in [0.05, 0.1) is 5.69 Å². The largest absolute Gasteiger partial charge is 0.316 e. The third-order valence-electron chi connectivity index (χ3n) is 3.54. The second-order valence-corrected chi connectivity index (χ2v) is 6.50. The van der Waals surface area contributed by atoms with Crippen molar-refractivity contribution in [1.82, 2.24) is 15.1 Å². The second kappa shape index (κ2) is 8.35. The molecule has 0 radical (unpaired) electrons. The summed E-state index contributed by atoms with van der Waals surface area (Å²) in [6, 6.07) is 10.7. The highest BCUT2D eigenvalue weighted by atomic mass is 79.9. The Morgan fingerprint density at radius 1 is 1.29 bits per heavy atom. The third kappa shape index (κ3) is 5.64. The maximum atomic E-state index is 4.52. The molecule has 0 aliphatic heterocycles. The van der Waals surface area contributed by atoms with Crippen molar-refractivity contribution in [2.75, 3.05) is 13.1 Å². The van der Waals surface area contributed by atoms with E-state index in [0.29, 0.717) is 5.92 Å². The van der Waals surface area contributed by atoms with Gasteiger partial charge in [-0.25, -0.2) is 0 Å². The van der Waals surface area contributed by atoms with Crippen molar-refractivity contribution in [3.63, 3.8) is 0 Å². The average Bonchev–Trinajstić information content (AvgIpc) is 2.84. The van der Waals surface area contributed by atoms with Crippen molar-refractivity contribution >= 4 is 15.9 Å². The summed E-state index contributed by atoms with van der Waals surface area (Å²) >= 11 is 3.55. The normalized spacial score (nSPS) is 12.5. The van der Waals surface area contributed by atoms with Crippen LogP contribution in [0.3, 0.4) is 0 Å². The highest BCUT2D eigenvalue weighted by Gasteiger charge is 2.12. The number of halogens is 1. The first-order chi connectivity index (χ1) is 10.2. The van der Waals surface area contributed by atoms with Gasteiger partial charge in [0.15, 0.2) is 0 Å². The number of nitrogens with one attached hydrogen (secondary N) is 1. The van der Waals surface area contributed by atoms with Crippen LogP contribution in [-0.4, -0.2) is 22.9 Å². The number of rotatable bonds is 8. The minimum Gasteiger partial charge on any atom is -0.316 e. The number of benzene rings is 1. The van der Waals surface area contributed by atoms with Gasteiger partial charge in [0.2, 0.25) is 0 Å². The van der Waals surface area contributed by atoms with Gasteiger partial charge >= 0.3 is 0 Å². The van der Waals surface area contributed by atoms with Gasteiger partial charge in [0.25, 0.3) is 0 Å². The van der Waals surface area contributed by atoms with Gasteiger partial charge < -0.3 is 5.32 Å². The van der Waals surface area contributed by atoms with Crippen molar-refractivity contribution < 1.29 is 0 Å². The van der Waals surface area contributed by atoms with Crippen LogP contribution in [0.25, 0.3) is 0 Å². The SMILES string of the molecule is CCCNCC(Cc1cccc(Br)c1)Cc1ccn(C)n1. The van der Waals surface area contributed by atoms with Crippen molar-refractivity contribution in [3.8, 4) is 0 Å². The molecule has 1 aromatic heterocycles. The molecule has 0 aliphatic carbocycles. The summed E-state index contributed by atoms with van der Waals surface area (Å²) in [5.74, 6) is 0.570. The zero-order chi connectivity index (χ0) is 15.1. The fourth-order valence-corrected chi connectivity index (χ4v) is 3.01. The summed E-state index contributed by atoms with van der Waals surface area (Å²) in [5.41, 5.74) is 2.55. The van der Waals surface area contributed by atoms with Crippen LogP contribution < -0.4 is 5.32 Å². The van der Waals surface area contributed by atoms with E-state index in [0.717, 1.165) is 30.4 Å². The molecule has 0 spiro atoms. The molecule has 1 N–H and O–H groups in total. The summed E-state index contributed by atoms with van der Waals surface area (Å²) in [7, 11) is 1.97. The van der Waals surface area contributed by atoms with Gasteiger partial charge in [0, 0.05) is 17.7 Å². The molecular weight excluding hydrogens is 326 g/mol. The van der Waals surface area contributed by atoms with Gasteiger partial charge in [-0.15, -0.1) is 0 Å². The molecule has 21 heavy (non-hydrogen) atoms. The third-order valence-corrected chi connectivity index (χ3v) is 4.03. The number of aryl methyl sites for hydroxylation is 1. The summed E-state index contributed by atoms with van der Waals surface area (Å²) in [6.45, 7) is 4.32. The molecule has 0 fully saturated rings. The fourth-order valence-electron chi connectivity index (χ4n) is 2.56. The molecule has 0 aliphatic rings. The Morgan fingerprint density at radius 3 is 2.81 bits per heavy atom. The van der Waals surface area contributed by atoms with E-state index in [1.54, 1.807) is 0 Å². The topological polar surface area (TPSA) is 29.9 Å². The molecular formula is C17H24BrN3. The fraction of sp³-hybridized carbons (Fsp3) is 0.471. The quantitative estimate of drug-likeness (QED) is 0.738. The molecule has 2 rings (SSSR count). The summed E-state index contributed by atoms with van der Waals surface area (Å²) in [5, 5.41) is 8.07. The average molecular weight is 350 g/mol. The van der Waals surface area contributed by atoms with Crippen molar-refractivity contribution in [2.24, 2.45) is 13.0 Å². The maximum absolute atomic E-state index is 4.52. The summed E-state index contributed by atoms with van der Waals surface area (Å²) in [6.07, 6.45) is 5.29. The predicted molar refractivity (Wildman–Crippen MR) is 91.4 cm³/mol. The highest BCUT2D eigenvalue weighted by Crippen LogP contribution is 2.17. The lowest BCUT2D eigenvalue weighted by molar-refractivity contribution is 0.464. The van der Waals surface area contributed by atoms with Gasteiger partial charge in [-0.3, -0.25) is 4.68 Å². The van der Waals surface area contributed by atoms with Gasteiger partial charge in [0.1, 0.15) is 0 Å². The van der Waals surface area contributed by atoms with Crippen LogP contribution in [0.1, 0.15) is 24.6 Å². The molecule has 4 heteroatoms. The van der Waals surface area contributed by atoms with E-state index in [-0.39, 0.29) is 0 Å². The molecule has 0 saturated carbocycles. The Labute approximate surface area is 135 Å². The molecule has 114 valence electrons. The Balaban J connectivity index is 2.00. The molecule has 1 aromatic carbocycles. The lowest BCUT2D eigenvalue weighted by Crippen LogP contribution is -2.26. The molecule has 1 unspecified atom stereocenters. The Bertz CT molecular complexity index is 550. The van der Waals surface area contributed by atoms with Crippen LogP contribution >= 0.6 is 15.9 Å². The molecule has 0 bridgehead atoms. The van der Waals surface area contributed by atoms with E-state index in [9.17, 15) is 0 Å². The smallest absolute Gasteiger partial charge is 0.0627 e. The summed E-state index contributed by atoms with van der Waals surface area (Å²) < 4.78 is 3.03. The van der Waals surface area contributed by atoms with Gasteiger partial charge in [-0.05, 0) is 62.0 Å². The first-order valence-electron chi connectivity index (χ1n) is 7.61. The van der Waals surface area contributed by atoms with E-state index in [1.165, 1.54) is 17.7 Å². The molecule has 3 nitrogen and oxygen atoms in total. The van der Waals surface area contributed by atoms with Crippen molar-refractivity contribution in [2.45, 2.75) is 26.2 Å². The summed E-state index contributed by atoms with van der Waals surface area (Å²) in [4.78, 5) is 0. The standard InChI is InChI=1S/C17H24BrN3/c1-3-8-19-13-15(12-17-7-9-21(2)20-17)10-14-5-4-6-16(18)11-14/h4-7,9,11,15,19H,3,8,10,12-13H2,1-2H3. The lowest BCUT2D eigenvalue weighted by Gasteiger charge is -2.17. The predicted octanol–water partition coefficient (Wildman–Crippen LogP) is 3.58. The first-order valence-corrected chi connectivity index (χ1v) is 8.40. The van der Waals surface area contributed by atoms with Gasteiger partial charge in [-0.1, -0.05) is 35.0 Å². The lowest BCUT2D eigenvalue weighted by atomic mass is 9.94. The van der Waals surface area contributed by atoms with Crippen molar-refractivity contribution in [3.05, 3.63) is 52.3 Å². The minimum atomic E-state index is 0.570. The van der Waals surface area contributed by atoms with E-state index in [2.05, 4.69) is 63.6 Å².